The Morgan fingerprint density at radius 2 is 2.00 bits per heavy atom. The van der Waals surface area contributed by atoms with Crippen molar-refractivity contribution >= 4 is 11.5 Å². The maximum absolute atomic E-state index is 14.7. The molecular formula is C21H17FN6O2. The Bertz CT molecular complexity index is 1300. The van der Waals surface area contributed by atoms with Gasteiger partial charge in [0, 0.05) is 28.9 Å². The molecule has 3 aromatic heterocycles. The molecule has 1 atom stereocenters. The summed E-state index contributed by atoms with van der Waals surface area (Å²) in [6, 6.07) is 6.93. The van der Waals surface area contributed by atoms with Crippen molar-refractivity contribution in [2.45, 2.75) is 19.4 Å². The van der Waals surface area contributed by atoms with Gasteiger partial charge < -0.3 is 14.8 Å². The van der Waals surface area contributed by atoms with Gasteiger partial charge in [-0.3, -0.25) is 4.40 Å². The summed E-state index contributed by atoms with van der Waals surface area (Å²) in [4.78, 5) is 8.57. The van der Waals surface area contributed by atoms with Crippen LogP contribution in [0.15, 0.2) is 36.9 Å². The van der Waals surface area contributed by atoms with Gasteiger partial charge in [-0.15, -0.1) is 10.2 Å². The van der Waals surface area contributed by atoms with Gasteiger partial charge in [0.05, 0.1) is 24.8 Å². The molecule has 0 saturated heterocycles. The van der Waals surface area contributed by atoms with Crippen LogP contribution in [0, 0.1) is 12.7 Å². The van der Waals surface area contributed by atoms with E-state index in [0.717, 1.165) is 28.3 Å². The van der Waals surface area contributed by atoms with Crippen molar-refractivity contribution in [3.63, 3.8) is 0 Å². The minimum absolute atomic E-state index is 0.0418. The summed E-state index contributed by atoms with van der Waals surface area (Å²) in [7, 11) is 0. The minimum atomic E-state index is -0.256. The molecule has 30 heavy (non-hydrogen) atoms. The van der Waals surface area contributed by atoms with E-state index in [1.54, 1.807) is 12.4 Å². The van der Waals surface area contributed by atoms with Gasteiger partial charge in [-0.2, -0.15) is 0 Å². The van der Waals surface area contributed by atoms with Gasteiger partial charge in [-0.05, 0) is 31.2 Å². The Hall–Kier alpha value is -3.75. The summed E-state index contributed by atoms with van der Waals surface area (Å²) in [6.07, 6.45) is 3.13. The molecule has 0 saturated carbocycles. The van der Waals surface area contributed by atoms with Crippen LogP contribution in [-0.2, 0) is 6.54 Å². The molecule has 0 bridgehead atoms. The summed E-state index contributed by atoms with van der Waals surface area (Å²) >= 11 is 0. The van der Waals surface area contributed by atoms with Crippen molar-refractivity contribution < 1.29 is 13.9 Å². The van der Waals surface area contributed by atoms with Gasteiger partial charge in [0.15, 0.2) is 17.2 Å². The van der Waals surface area contributed by atoms with Crippen LogP contribution in [0.4, 0.5) is 10.2 Å². The fourth-order valence-electron chi connectivity index (χ4n) is 4.17. The number of aromatic nitrogens is 5. The molecule has 4 aromatic rings. The first kappa shape index (κ1) is 17.1. The Balaban J connectivity index is 1.52. The summed E-state index contributed by atoms with van der Waals surface area (Å²) in [5.74, 6) is 1.71. The third kappa shape index (κ3) is 2.51. The zero-order valence-corrected chi connectivity index (χ0v) is 16.1. The lowest BCUT2D eigenvalue weighted by atomic mass is 9.96. The number of ether oxygens (including phenoxy) is 2. The Labute approximate surface area is 170 Å². The topological polar surface area (TPSA) is 86.5 Å². The molecule has 9 heteroatoms. The van der Waals surface area contributed by atoms with Gasteiger partial charge in [0.25, 0.3) is 0 Å². The molecule has 0 amide bonds. The van der Waals surface area contributed by atoms with Gasteiger partial charge in [0.2, 0.25) is 0 Å². The molecule has 2 aliphatic rings. The molecule has 8 nitrogen and oxygen atoms in total. The quantitative estimate of drug-likeness (QED) is 0.522. The molecular weight excluding hydrogens is 387 g/mol. The van der Waals surface area contributed by atoms with Crippen LogP contribution in [0.1, 0.15) is 22.7 Å². The Morgan fingerprint density at radius 1 is 1.13 bits per heavy atom. The fraction of sp³-hybridized carbons (Fsp3) is 0.238. The standard InChI is InChI=1S/C21H17FN6O2/c1-11-4-16(25-9-24-11)13-5-18-21(28-10-26-27-20(13)28)23-6-14-15(22)2-3-17-19(14)12(7-29-17)8-30-18/h2-5,9-10,12,23H,6-8H2,1H3/t12-/m1/s1. The van der Waals surface area contributed by atoms with Gasteiger partial charge in [0.1, 0.15) is 24.2 Å². The van der Waals surface area contributed by atoms with Crippen LogP contribution in [0.5, 0.6) is 11.5 Å². The summed E-state index contributed by atoms with van der Waals surface area (Å²) < 4.78 is 28.5. The van der Waals surface area contributed by atoms with Crippen molar-refractivity contribution in [2.24, 2.45) is 0 Å². The lowest BCUT2D eigenvalue weighted by Crippen LogP contribution is -2.13. The minimum Gasteiger partial charge on any atom is -0.493 e. The Kier molecular flexibility index (Phi) is 3.64. The predicted octanol–water partition coefficient (Wildman–Crippen LogP) is 3.11. The molecule has 0 radical (unpaired) electrons. The number of aryl methyl sites for hydroxylation is 1. The highest BCUT2D eigenvalue weighted by Gasteiger charge is 2.31. The number of benzene rings is 1. The molecule has 2 aliphatic heterocycles. The van der Waals surface area contributed by atoms with Crippen molar-refractivity contribution in [1.29, 1.82) is 0 Å². The smallest absolute Gasteiger partial charge is 0.171 e. The number of hydrogen-bond acceptors (Lipinski definition) is 7. The zero-order chi connectivity index (χ0) is 20.2. The number of fused-ring (bicyclic) bond motifs is 3. The number of halogens is 1. The SMILES string of the molecule is Cc1cc(-c2cc3c(n4cnnc24)NCc2c(F)ccc4c2[C@H](CO4)CO3)ncn1. The molecule has 0 unspecified atom stereocenters. The van der Waals surface area contributed by atoms with Crippen LogP contribution in [-0.4, -0.2) is 37.8 Å². The first-order valence-corrected chi connectivity index (χ1v) is 9.65. The van der Waals surface area contributed by atoms with Crippen molar-refractivity contribution in [3.05, 3.63) is 59.6 Å². The Morgan fingerprint density at radius 3 is 2.87 bits per heavy atom. The second-order valence-corrected chi connectivity index (χ2v) is 7.45. The van der Waals surface area contributed by atoms with Crippen LogP contribution in [0.2, 0.25) is 0 Å². The molecule has 150 valence electrons. The highest BCUT2D eigenvalue weighted by molar-refractivity contribution is 5.80. The fourth-order valence-corrected chi connectivity index (χ4v) is 4.17. The van der Waals surface area contributed by atoms with Crippen LogP contribution < -0.4 is 14.8 Å². The van der Waals surface area contributed by atoms with Crippen molar-refractivity contribution in [1.82, 2.24) is 24.6 Å². The lowest BCUT2D eigenvalue weighted by Gasteiger charge is -2.16. The normalized spacial score (nSPS) is 17.1. The second kappa shape index (κ2) is 6.38. The van der Waals surface area contributed by atoms with Crippen LogP contribution in [0.25, 0.3) is 16.9 Å². The first-order valence-electron chi connectivity index (χ1n) is 9.65. The van der Waals surface area contributed by atoms with E-state index in [-0.39, 0.29) is 11.7 Å². The third-order valence-corrected chi connectivity index (χ3v) is 5.60. The highest BCUT2D eigenvalue weighted by atomic mass is 19.1. The number of nitrogens with one attached hydrogen (secondary N) is 1. The van der Waals surface area contributed by atoms with E-state index in [0.29, 0.717) is 42.5 Å². The number of nitrogens with zero attached hydrogens (tertiary/aromatic N) is 5. The molecule has 0 aliphatic carbocycles. The molecule has 1 N–H and O–H groups in total. The van der Waals surface area contributed by atoms with Gasteiger partial charge in [-0.25, -0.2) is 14.4 Å². The molecule has 0 spiro atoms. The zero-order valence-electron chi connectivity index (χ0n) is 16.1. The largest absolute Gasteiger partial charge is 0.493 e. The summed E-state index contributed by atoms with van der Waals surface area (Å²) in [5.41, 5.74) is 4.47. The number of anilines is 1. The van der Waals surface area contributed by atoms with E-state index in [1.165, 1.54) is 12.4 Å². The van der Waals surface area contributed by atoms with Crippen molar-refractivity contribution in [2.75, 3.05) is 18.5 Å². The average Bonchev–Trinajstić information content (AvgIpc) is 3.39. The number of hydrogen-bond donors (Lipinski definition) is 1. The van der Waals surface area contributed by atoms with E-state index >= 15 is 0 Å². The van der Waals surface area contributed by atoms with Gasteiger partial charge in [-0.1, -0.05) is 0 Å². The maximum Gasteiger partial charge on any atom is 0.171 e. The van der Waals surface area contributed by atoms with E-state index in [1.807, 2.05) is 23.5 Å². The maximum atomic E-state index is 14.7. The van der Waals surface area contributed by atoms with E-state index < -0.39 is 0 Å². The number of rotatable bonds is 1. The third-order valence-electron chi connectivity index (χ3n) is 5.60. The second-order valence-electron chi connectivity index (χ2n) is 7.45. The highest BCUT2D eigenvalue weighted by Crippen LogP contribution is 2.41. The molecule has 6 rings (SSSR count). The molecule has 1 aromatic carbocycles. The molecule has 0 fully saturated rings. The monoisotopic (exact) mass is 404 g/mol. The predicted molar refractivity (Wildman–Crippen MR) is 106 cm³/mol. The van der Waals surface area contributed by atoms with E-state index in [2.05, 4.69) is 25.5 Å². The van der Waals surface area contributed by atoms with Crippen molar-refractivity contribution in [3.8, 4) is 22.8 Å². The van der Waals surface area contributed by atoms with Gasteiger partial charge >= 0.3 is 0 Å². The van der Waals surface area contributed by atoms with E-state index in [9.17, 15) is 4.39 Å². The summed E-state index contributed by atoms with van der Waals surface area (Å²) in [6.45, 7) is 3.04. The first-order chi connectivity index (χ1) is 14.7. The van der Waals surface area contributed by atoms with Crippen LogP contribution >= 0.6 is 0 Å². The number of pyridine rings is 1. The van der Waals surface area contributed by atoms with E-state index in [4.69, 9.17) is 9.47 Å². The lowest BCUT2D eigenvalue weighted by molar-refractivity contribution is 0.249. The van der Waals surface area contributed by atoms with Crippen LogP contribution in [0.3, 0.4) is 0 Å². The average molecular weight is 404 g/mol. The summed E-state index contributed by atoms with van der Waals surface area (Å²) in [5, 5.41) is 11.7. The molecule has 5 heterocycles.